The number of rotatable bonds is 3. The first kappa shape index (κ1) is 9.91. The van der Waals surface area contributed by atoms with Crippen LogP contribution in [0.25, 0.3) is 11.0 Å². The molecule has 1 saturated carbocycles. The molecule has 1 aliphatic carbocycles. The number of hydrogen-bond acceptors (Lipinski definition) is 2. The maximum atomic E-state index is 5.53. The van der Waals surface area contributed by atoms with Crippen molar-refractivity contribution in [3.05, 3.63) is 36.1 Å². The number of nitrogens with one attached hydrogen (secondary N) is 1. The molecule has 0 spiro atoms. The van der Waals surface area contributed by atoms with E-state index in [0.29, 0.717) is 5.54 Å². The molecule has 2 aromatic rings. The summed E-state index contributed by atoms with van der Waals surface area (Å²) in [7, 11) is 0. The zero-order valence-corrected chi connectivity index (χ0v) is 9.62. The Morgan fingerprint density at radius 1 is 1.31 bits per heavy atom. The topological polar surface area (TPSA) is 25.2 Å². The van der Waals surface area contributed by atoms with Gasteiger partial charge < -0.3 is 9.73 Å². The van der Waals surface area contributed by atoms with E-state index >= 15 is 0 Å². The fraction of sp³-hybridized carbons (Fsp3) is 0.429. The SMILES string of the molecule is CC1(NCc2coc3ccccc23)CCC1. The van der Waals surface area contributed by atoms with E-state index in [2.05, 4.69) is 24.4 Å². The summed E-state index contributed by atoms with van der Waals surface area (Å²) in [4.78, 5) is 0. The summed E-state index contributed by atoms with van der Waals surface area (Å²) in [5.74, 6) is 0. The number of furan rings is 1. The van der Waals surface area contributed by atoms with Crippen molar-refractivity contribution in [3.63, 3.8) is 0 Å². The summed E-state index contributed by atoms with van der Waals surface area (Å²) in [6.45, 7) is 3.21. The molecule has 0 saturated heterocycles. The van der Waals surface area contributed by atoms with Gasteiger partial charge in [0.25, 0.3) is 0 Å². The highest BCUT2D eigenvalue weighted by Crippen LogP contribution is 2.31. The Morgan fingerprint density at radius 2 is 2.12 bits per heavy atom. The Balaban J connectivity index is 1.79. The maximum Gasteiger partial charge on any atom is 0.134 e. The molecule has 2 heteroatoms. The first-order valence-electron chi connectivity index (χ1n) is 5.97. The van der Waals surface area contributed by atoms with Crippen molar-refractivity contribution in [2.45, 2.75) is 38.3 Å². The second kappa shape index (κ2) is 3.63. The lowest BCUT2D eigenvalue weighted by Gasteiger charge is -2.39. The first-order chi connectivity index (χ1) is 7.77. The van der Waals surface area contributed by atoms with Gasteiger partial charge in [0.2, 0.25) is 0 Å². The molecule has 1 N–H and O–H groups in total. The minimum Gasteiger partial charge on any atom is -0.464 e. The summed E-state index contributed by atoms with van der Waals surface area (Å²) >= 11 is 0. The van der Waals surface area contributed by atoms with Crippen LogP contribution in [0.15, 0.2) is 34.9 Å². The Hall–Kier alpha value is -1.28. The second-order valence-corrected chi connectivity index (χ2v) is 5.02. The van der Waals surface area contributed by atoms with E-state index in [1.807, 2.05) is 18.4 Å². The second-order valence-electron chi connectivity index (χ2n) is 5.02. The zero-order valence-electron chi connectivity index (χ0n) is 9.62. The standard InChI is InChI=1S/C14H17NO/c1-14(7-4-8-14)15-9-11-10-16-13-6-3-2-5-12(11)13/h2-3,5-6,10,15H,4,7-9H2,1H3. The number of benzene rings is 1. The van der Waals surface area contributed by atoms with Crippen LogP contribution in [0, 0.1) is 0 Å². The molecule has 1 aromatic heterocycles. The van der Waals surface area contributed by atoms with Gasteiger partial charge in [0, 0.05) is 23.0 Å². The summed E-state index contributed by atoms with van der Waals surface area (Å²) < 4.78 is 5.53. The van der Waals surface area contributed by atoms with Gasteiger partial charge in [-0.05, 0) is 32.3 Å². The molecule has 0 unspecified atom stereocenters. The van der Waals surface area contributed by atoms with E-state index in [-0.39, 0.29) is 0 Å². The molecular formula is C14H17NO. The van der Waals surface area contributed by atoms with E-state index in [1.165, 1.54) is 30.2 Å². The molecule has 16 heavy (non-hydrogen) atoms. The quantitative estimate of drug-likeness (QED) is 0.848. The molecule has 0 radical (unpaired) electrons. The first-order valence-corrected chi connectivity index (χ1v) is 5.97. The third kappa shape index (κ3) is 1.63. The van der Waals surface area contributed by atoms with E-state index in [0.717, 1.165) is 12.1 Å². The van der Waals surface area contributed by atoms with Crippen molar-refractivity contribution in [1.82, 2.24) is 5.32 Å². The number of para-hydroxylation sites is 1. The van der Waals surface area contributed by atoms with Crippen LogP contribution in [0.5, 0.6) is 0 Å². The van der Waals surface area contributed by atoms with Crippen LogP contribution in [-0.2, 0) is 6.54 Å². The van der Waals surface area contributed by atoms with Gasteiger partial charge >= 0.3 is 0 Å². The predicted octanol–water partition coefficient (Wildman–Crippen LogP) is 3.47. The fourth-order valence-corrected chi connectivity index (χ4v) is 2.36. The largest absolute Gasteiger partial charge is 0.464 e. The van der Waals surface area contributed by atoms with Crippen molar-refractivity contribution in [2.75, 3.05) is 0 Å². The molecule has 1 fully saturated rings. The Morgan fingerprint density at radius 3 is 2.88 bits per heavy atom. The fourth-order valence-electron chi connectivity index (χ4n) is 2.36. The Bertz CT molecular complexity index is 496. The zero-order chi connectivity index (χ0) is 11.0. The Labute approximate surface area is 95.6 Å². The summed E-state index contributed by atoms with van der Waals surface area (Å²) in [5.41, 5.74) is 2.61. The molecule has 0 aliphatic heterocycles. The minimum absolute atomic E-state index is 0.359. The maximum absolute atomic E-state index is 5.53. The van der Waals surface area contributed by atoms with E-state index in [9.17, 15) is 0 Å². The highest BCUT2D eigenvalue weighted by atomic mass is 16.3. The van der Waals surface area contributed by atoms with Gasteiger partial charge in [-0.25, -0.2) is 0 Å². The molecular weight excluding hydrogens is 198 g/mol. The molecule has 1 aromatic carbocycles. The Kier molecular flexibility index (Phi) is 2.25. The number of hydrogen-bond donors (Lipinski definition) is 1. The van der Waals surface area contributed by atoms with Crippen LogP contribution >= 0.6 is 0 Å². The van der Waals surface area contributed by atoms with Crippen molar-refractivity contribution in [3.8, 4) is 0 Å². The predicted molar refractivity (Wildman–Crippen MR) is 65.3 cm³/mol. The smallest absolute Gasteiger partial charge is 0.134 e. The van der Waals surface area contributed by atoms with Crippen molar-refractivity contribution >= 4 is 11.0 Å². The van der Waals surface area contributed by atoms with Gasteiger partial charge in [-0.2, -0.15) is 0 Å². The lowest BCUT2D eigenvalue weighted by Crippen LogP contribution is -2.47. The van der Waals surface area contributed by atoms with Crippen molar-refractivity contribution in [1.29, 1.82) is 0 Å². The van der Waals surface area contributed by atoms with Crippen LogP contribution in [0.2, 0.25) is 0 Å². The summed E-state index contributed by atoms with van der Waals surface area (Å²) in [6.07, 6.45) is 5.82. The summed E-state index contributed by atoms with van der Waals surface area (Å²) in [5, 5.41) is 4.86. The van der Waals surface area contributed by atoms with E-state index in [4.69, 9.17) is 4.42 Å². The summed E-state index contributed by atoms with van der Waals surface area (Å²) in [6, 6.07) is 8.21. The normalized spacial score (nSPS) is 18.6. The molecule has 0 bridgehead atoms. The molecule has 84 valence electrons. The third-order valence-electron chi connectivity index (χ3n) is 3.72. The van der Waals surface area contributed by atoms with Crippen LogP contribution in [0.3, 0.4) is 0 Å². The van der Waals surface area contributed by atoms with Crippen LogP contribution < -0.4 is 5.32 Å². The molecule has 2 nitrogen and oxygen atoms in total. The van der Waals surface area contributed by atoms with Gasteiger partial charge in [0.1, 0.15) is 5.58 Å². The van der Waals surface area contributed by atoms with E-state index in [1.54, 1.807) is 0 Å². The minimum atomic E-state index is 0.359. The molecule has 0 atom stereocenters. The van der Waals surface area contributed by atoms with Gasteiger partial charge in [-0.15, -0.1) is 0 Å². The van der Waals surface area contributed by atoms with Crippen LogP contribution in [0.4, 0.5) is 0 Å². The molecule has 1 heterocycles. The monoisotopic (exact) mass is 215 g/mol. The number of fused-ring (bicyclic) bond motifs is 1. The molecule has 1 aliphatic rings. The lowest BCUT2D eigenvalue weighted by molar-refractivity contribution is 0.207. The average Bonchev–Trinajstić information content (AvgIpc) is 2.67. The molecule has 3 rings (SSSR count). The van der Waals surface area contributed by atoms with Crippen molar-refractivity contribution < 1.29 is 4.42 Å². The third-order valence-corrected chi connectivity index (χ3v) is 3.72. The highest BCUT2D eigenvalue weighted by molar-refractivity contribution is 5.80. The highest BCUT2D eigenvalue weighted by Gasteiger charge is 2.30. The van der Waals surface area contributed by atoms with Crippen molar-refractivity contribution in [2.24, 2.45) is 0 Å². The van der Waals surface area contributed by atoms with E-state index < -0.39 is 0 Å². The van der Waals surface area contributed by atoms with Gasteiger partial charge in [0.15, 0.2) is 0 Å². The average molecular weight is 215 g/mol. The molecule has 0 amide bonds. The lowest BCUT2D eigenvalue weighted by atomic mass is 9.78. The van der Waals surface area contributed by atoms with Gasteiger partial charge in [0.05, 0.1) is 6.26 Å². The van der Waals surface area contributed by atoms with Gasteiger partial charge in [-0.3, -0.25) is 0 Å². The van der Waals surface area contributed by atoms with Crippen LogP contribution in [0.1, 0.15) is 31.7 Å². The van der Waals surface area contributed by atoms with Crippen LogP contribution in [-0.4, -0.2) is 5.54 Å². The van der Waals surface area contributed by atoms with Gasteiger partial charge in [-0.1, -0.05) is 18.2 Å².